The first-order valence-electron chi connectivity index (χ1n) is 6.47. The second-order valence-electron chi connectivity index (χ2n) is 4.74. The first-order valence-corrected chi connectivity index (χ1v) is 6.47. The molecule has 112 valence electrons. The molecule has 19 heavy (non-hydrogen) atoms. The van der Waals surface area contributed by atoms with Crippen LogP contribution >= 0.6 is 0 Å². The topological polar surface area (TPSA) is 59.1 Å². The minimum Gasteiger partial charge on any atom is -0.379 e. The summed E-state index contributed by atoms with van der Waals surface area (Å²) in [4.78, 5) is 25.9. The number of ketones is 1. The van der Waals surface area contributed by atoms with Gasteiger partial charge in [-0.15, -0.1) is 0 Å². The van der Waals surface area contributed by atoms with E-state index in [9.17, 15) is 9.59 Å². The van der Waals surface area contributed by atoms with Crippen molar-refractivity contribution < 1.29 is 19.1 Å². The summed E-state index contributed by atoms with van der Waals surface area (Å²) >= 11 is 0. The predicted molar refractivity (Wildman–Crippen MR) is 73.1 cm³/mol. The molecule has 0 heterocycles. The number of amides is 1. The van der Waals surface area contributed by atoms with Gasteiger partial charge in [0.25, 0.3) is 0 Å². The second-order valence-corrected chi connectivity index (χ2v) is 4.74. The standard InChI is InChI=1S/C13H26N2O4/c1-12(16)5-8-18-10-7-15(4)13(17)11-19-9-6-14(2)3/h5-11H2,1-4H3. The lowest BCUT2D eigenvalue weighted by Crippen LogP contribution is -2.34. The van der Waals surface area contributed by atoms with Crippen molar-refractivity contribution in [2.75, 3.05) is 60.7 Å². The van der Waals surface area contributed by atoms with E-state index >= 15 is 0 Å². The van der Waals surface area contributed by atoms with Crippen molar-refractivity contribution in [3.05, 3.63) is 0 Å². The van der Waals surface area contributed by atoms with Gasteiger partial charge in [0, 0.05) is 26.6 Å². The highest BCUT2D eigenvalue weighted by atomic mass is 16.5. The molecular weight excluding hydrogens is 248 g/mol. The van der Waals surface area contributed by atoms with Crippen LogP contribution in [0.1, 0.15) is 13.3 Å². The van der Waals surface area contributed by atoms with Crippen molar-refractivity contribution in [3.63, 3.8) is 0 Å². The van der Waals surface area contributed by atoms with Crippen LogP contribution in [0.25, 0.3) is 0 Å². The molecule has 0 N–H and O–H groups in total. The highest BCUT2D eigenvalue weighted by Gasteiger charge is 2.08. The molecule has 6 heteroatoms. The van der Waals surface area contributed by atoms with Crippen LogP contribution < -0.4 is 0 Å². The minimum atomic E-state index is -0.0612. The van der Waals surface area contributed by atoms with Gasteiger partial charge in [-0.25, -0.2) is 0 Å². The van der Waals surface area contributed by atoms with Gasteiger partial charge in [-0.3, -0.25) is 9.59 Å². The smallest absolute Gasteiger partial charge is 0.248 e. The van der Waals surface area contributed by atoms with Gasteiger partial charge in [0.15, 0.2) is 0 Å². The highest BCUT2D eigenvalue weighted by Crippen LogP contribution is 1.90. The Balaban J connectivity index is 3.51. The van der Waals surface area contributed by atoms with Gasteiger partial charge in [-0.05, 0) is 21.0 Å². The number of nitrogens with zero attached hydrogens (tertiary/aromatic N) is 2. The van der Waals surface area contributed by atoms with Gasteiger partial charge in [0.1, 0.15) is 12.4 Å². The molecule has 0 aliphatic rings. The van der Waals surface area contributed by atoms with E-state index in [2.05, 4.69) is 0 Å². The van der Waals surface area contributed by atoms with Crippen molar-refractivity contribution in [2.45, 2.75) is 13.3 Å². The summed E-state index contributed by atoms with van der Waals surface area (Å²) in [7, 11) is 5.62. The second kappa shape index (κ2) is 10.9. The fourth-order valence-electron chi connectivity index (χ4n) is 1.16. The molecule has 0 atom stereocenters. The lowest BCUT2D eigenvalue weighted by atomic mass is 10.3. The molecule has 0 aromatic heterocycles. The van der Waals surface area contributed by atoms with E-state index in [0.717, 1.165) is 6.54 Å². The summed E-state index contributed by atoms with van der Waals surface area (Å²) in [6, 6.07) is 0. The molecule has 0 aromatic rings. The zero-order valence-electron chi connectivity index (χ0n) is 12.5. The van der Waals surface area contributed by atoms with E-state index in [-0.39, 0.29) is 18.3 Å². The third-order valence-electron chi connectivity index (χ3n) is 2.50. The normalized spacial score (nSPS) is 10.8. The summed E-state index contributed by atoms with van der Waals surface area (Å²) in [6.45, 7) is 4.33. The van der Waals surface area contributed by atoms with E-state index in [1.165, 1.54) is 6.92 Å². The fraction of sp³-hybridized carbons (Fsp3) is 0.846. The molecule has 0 spiro atoms. The summed E-state index contributed by atoms with van der Waals surface area (Å²) < 4.78 is 10.5. The fourth-order valence-corrected chi connectivity index (χ4v) is 1.16. The maximum atomic E-state index is 11.6. The molecule has 0 bridgehead atoms. The average molecular weight is 274 g/mol. The zero-order valence-corrected chi connectivity index (χ0v) is 12.5. The lowest BCUT2D eigenvalue weighted by Gasteiger charge is -2.17. The Morgan fingerprint density at radius 2 is 1.58 bits per heavy atom. The summed E-state index contributed by atoms with van der Waals surface area (Å²) in [5.74, 6) is 0.0487. The molecule has 0 radical (unpaired) electrons. The Labute approximate surface area is 115 Å². The Hall–Kier alpha value is -0.980. The van der Waals surface area contributed by atoms with Gasteiger partial charge >= 0.3 is 0 Å². The van der Waals surface area contributed by atoms with Gasteiger partial charge < -0.3 is 19.3 Å². The minimum absolute atomic E-state index is 0.0612. The molecule has 0 rings (SSSR count). The Morgan fingerprint density at radius 3 is 2.16 bits per heavy atom. The quantitative estimate of drug-likeness (QED) is 0.497. The molecule has 0 fully saturated rings. The van der Waals surface area contributed by atoms with Gasteiger partial charge in [0.05, 0.1) is 19.8 Å². The highest BCUT2D eigenvalue weighted by molar-refractivity contribution is 5.77. The molecule has 0 unspecified atom stereocenters. The molecule has 0 saturated carbocycles. The number of carbonyl (C=O) groups excluding carboxylic acids is 2. The third-order valence-corrected chi connectivity index (χ3v) is 2.50. The number of likely N-dealkylation sites (N-methyl/N-ethyl adjacent to an activating group) is 2. The largest absolute Gasteiger partial charge is 0.379 e. The van der Waals surface area contributed by atoms with Crippen LogP contribution in [0.4, 0.5) is 0 Å². The van der Waals surface area contributed by atoms with Crippen LogP contribution in [0, 0.1) is 0 Å². The maximum absolute atomic E-state index is 11.6. The van der Waals surface area contributed by atoms with Crippen molar-refractivity contribution in [3.8, 4) is 0 Å². The SMILES string of the molecule is CC(=O)CCOCCN(C)C(=O)COCCN(C)C. The number of Topliss-reactive ketones (excluding diaryl/α,β-unsaturated/α-hetero) is 1. The summed E-state index contributed by atoms with van der Waals surface area (Å²) in [5.41, 5.74) is 0. The average Bonchev–Trinajstić information content (AvgIpc) is 2.33. The number of hydrogen-bond donors (Lipinski definition) is 0. The molecular formula is C13H26N2O4. The van der Waals surface area contributed by atoms with E-state index in [1.807, 2.05) is 19.0 Å². The van der Waals surface area contributed by atoms with Crippen LogP contribution in [0.3, 0.4) is 0 Å². The molecule has 0 aliphatic heterocycles. The van der Waals surface area contributed by atoms with Crippen LogP contribution in [0.2, 0.25) is 0 Å². The van der Waals surface area contributed by atoms with Crippen LogP contribution in [0.5, 0.6) is 0 Å². The van der Waals surface area contributed by atoms with E-state index in [0.29, 0.717) is 32.8 Å². The van der Waals surface area contributed by atoms with Crippen LogP contribution in [-0.2, 0) is 19.1 Å². The van der Waals surface area contributed by atoms with E-state index in [1.54, 1.807) is 11.9 Å². The first kappa shape index (κ1) is 18.0. The van der Waals surface area contributed by atoms with Crippen molar-refractivity contribution in [1.29, 1.82) is 0 Å². The predicted octanol–water partition coefficient (Wildman–Crippen LogP) is 0.0187. The molecule has 0 aliphatic carbocycles. The summed E-state index contributed by atoms with van der Waals surface area (Å²) in [6.07, 6.45) is 0.422. The maximum Gasteiger partial charge on any atom is 0.248 e. The third kappa shape index (κ3) is 11.8. The van der Waals surface area contributed by atoms with Crippen molar-refractivity contribution in [1.82, 2.24) is 9.80 Å². The first-order chi connectivity index (χ1) is 8.93. The van der Waals surface area contributed by atoms with Crippen LogP contribution in [-0.4, -0.2) is 82.2 Å². The van der Waals surface area contributed by atoms with E-state index < -0.39 is 0 Å². The Kier molecular flexibility index (Phi) is 10.3. The molecule has 6 nitrogen and oxygen atoms in total. The Bertz CT molecular complexity index is 269. The van der Waals surface area contributed by atoms with Gasteiger partial charge in [-0.1, -0.05) is 0 Å². The van der Waals surface area contributed by atoms with Crippen molar-refractivity contribution >= 4 is 11.7 Å². The zero-order chi connectivity index (χ0) is 14.7. The number of rotatable bonds is 11. The molecule has 1 amide bonds. The van der Waals surface area contributed by atoms with Crippen molar-refractivity contribution in [2.24, 2.45) is 0 Å². The van der Waals surface area contributed by atoms with Crippen LogP contribution in [0.15, 0.2) is 0 Å². The number of carbonyl (C=O) groups is 2. The summed E-state index contributed by atoms with van der Waals surface area (Å²) in [5, 5.41) is 0. The van der Waals surface area contributed by atoms with Gasteiger partial charge in [-0.2, -0.15) is 0 Å². The Morgan fingerprint density at radius 1 is 0.947 bits per heavy atom. The molecule has 0 aromatic carbocycles. The molecule has 0 saturated heterocycles. The van der Waals surface area contributed by atoms with E-state index in [4.69, 9.17) is 9.47 Å². The number of ether oxygens (including phenoxy) is 2. The number of hydrogen-bond acceptors (Lipinski definition) is 5. The van der Waals surface area contributed by atoms with Gasteiger partial charge in [0.2, 0.25) is 5.91 Å². The lowest BCUT2D eigenvalue weighted by molar-refractivity contribution is -0.135. The monoisotopic (exact) mass is 274 g/mol.